The van der Waals surface area contributed by atoms with E-state index in [-0.39, 0.29) is 82.2 Å². The van der Waals surface area contributed by atoms with Gasteiger partial charge in [0.25, 0.3) is 0 Å². The van der Waals surface area contributed by atoms with Crippen molar-refractivity contribution < 1.29 is 57.4 Å². The highest BCUT2D eigenvalue weighted by atomic mass is 79.9. The molecule has 0 spiro atoms. The van der Waals surface area contributed by atoms with E-state index in [0.29, 0.717) is 44.9 Å². The molecule has 0 aliphatic heterocycles. The van der Waals surface area contributed by atoms with Gasteiger partial charge in [-0.2, -0.15) is 0 Å². The standard InChI is InChI=1S/C28H47BrO6.C14H22O4.C8H14O.C5H9BrO/c1-7-9-11-13-23(32)16-18-26(25(33)14-12-10-8-2)35-27(34)24(29)17-15-22(20(3)30)19-28(5,6)21(4)31;1-4-6-7-8-12(16)9-10-13(11(3)15)18-14(17)5-2;1-3-5-6-7-8(9)4-2;1-4(7)5(2,3)6/h22,24,26H,7-19H2,1-6H3;5,13H,2,4,6-10H2,1,3H3;4H,2-3,5-7H2,1H3;1-3H3. The topological polar surface area (TPSA) is 189 Å². The molecule has 0 radical (unpaired) electrons. The Morgan fingerprint density at radius 2 is 0.942 bits per heavy atom. The van der Waals surface area contributed by atoms with E-state index < -0.39 is 34.4 Å². The van der Waals surface area contributed by atoms with Crippen molar-refractivity contribution in [3.63, 3.8) is 0 Å². The minimum atomic E-state index is -0.921. The van der Waals surface area contributed by atoms with Gasteiger partial charge in [0.15, 0.2) is 29.6 Å². The monoisotopic (exact) mass is 1100 g/mol. The zero-order chi connectivity index (χ0) is 54.2. The van der Waals surface area contributed by atoms with Gasteiger partial charge < -0.3 is 9.47 Å². The lowest BCUT2D eigenvalue weighted by molar-refractivity contribution is -0.155. The maximum atomic E-state index is 12.8. The van der Waals surface area contributed by atoms with Crippen LogP contribution < -0.4 is 0 Å². The molecule has 69 heavy (non-hydrogen) atoms. The lowest BCUT2D eigenvalue weighted by Crippen LogP contribution is -2.32. The Labute approximate surface area is 434 Å². The van der Waals surface area contributed by atoms with Crippen molar-refractivity contribution in [3.05, 3.63) is 25.3 Å². The molecular formula is C55H92Br2O12. The van der Waals surface area contributed by atoms with Crippen molar-refractivity contribution in [2.24, 2.45) is 11.3 Å². The van der Waals surface area contributed by atoms with Gasteiger partial charge in [-0.15, -0.1) is 0 Å². The minimum Gasteiger partial charge on any atom is -0.454 e. The molecule has 0 N–H and O–H groups in total. The maximum Gasteiger partial charge on any atom is 0.330 e. The number of unbranched alkanes of at least 4 members (excludes halogenated alkanes) is 8. The average Bonchev–Trinajstić information content (AvgIpc) is 3.27. The number of carbonyl (C=O) groups excluding carboxylic acids is 10. The van der Waals surface area contributed by atoms with E-state index in [1.54, 1.807) is 6.92 Å². The van der Waals surface area contributed by atoms with Crippen LogP contribution in [0.2, 0.25) is 0 Å². The van der Waals surface area contributed by atoms with Crippen LogP contribution >= 0.6 is 31.9 Å². The van der Waals surface area contributed by atoms with Gasteiger partial charge >= 0.3 is 11.9 Å². The minimum absolute atomic E-state index is 0.0158. The Morgan fingerprint density at radius 3 is 1.30 bits per heavy atom. The number of ether oxygens (including phenoxy) is 2. The molecule has 0 saturated heterocycles. The van der Waals surface area contributed by atoms with Gasteiger partial charge in [0.05, 0.1) is 4.32 Å². The molecule has 0 fully saturated rings. The lowest BCUT2D eigenvalue weighted by atomic mass is 9.77. The van der Waals surface area contributed by atoms with Crippen molar-refractivity contribution in [3.8, 4) is 0 Å². The van der Waals surface area contributed by atoms with Crippen LogP contribution in [0.25, 0.3) is 0 Å². The van der Waals surface area contributed by atoms with Crippen molar-refractivity contribution in [2.45, 2.75) is 252 Å². The Balaban J connectivity index is -0.000000508. The summed E-state index contributed by atoms with van der Waals surface area (Å²) in [6.07, 6.45) is 16.7. The summed E-state index contributed by atoms with van der Waals surface area (Å²) in [6, 6.07) is 0. The van der Waals surface area contributed by atoms with Gasteiger partial charge in [0.2, 0.25) is 0 Å². The average molecular weight is 1110 g/mol. The Hall–Kier alpha value is -3.26. The SMILES string of the molecule is C=CC(=O)CCCCC.C=CC(=O)OC(CCC(=O)CCCCC)C(C)=O.CC(=O)C(C)(C)Br.CCCCCC(=O)CCC(OC(=O)C(Br)CCC(CC(C)(C)C(C)=O)C(C)=O)C(=O)CCCCC. The first-order chi connectivity index (χ1) is 32.1. The molecule has 0 aliphatic carbocycles. The smallest absolute Gasteiger partial charge is 0.330 e. The molecule has 4 unspecified atom stereocenters. The summed E-state index contributed by atoms with van der Waals surface area (Å²) in [4.78, 5) is 116. The van der Waals surface area contributed by atoms with Crippen molar-refractivity contribution in [1.82, 2.24) is 0 Å². The van der Waals surface area contributed by atoms with Crippen molar-refractivity contribution >= 4 is 90.1 Å². The number of halogens is 2. The second kappa shape index (κ2) is 43.5. The van der Waals surface area contributed by atoms with Gasteiger partial charge in [-0.3, -0.25) is 43.2 Å². The van der Waals surface area contributed by atoms with Crippen LogP contribution in [0.3, 0.4) is 0 Å². The van der Waals surface area contributed by atoms with Crippen LogP contribution in [0, 0.1) is 11.3 Å². The van der Waals surface area contributed by atoms with Gasteiger partial charge in [-0.05, 0) is 105 Å². The maximum absolute atomic E-state index is 12.8. The Morgan fingerprint density at radius 1 is 0.522 bits per heavy atom. The normalized spacial score (nSPS) is 12.6. The quantitative estimate of drug-likeness (QED) is 0.0248. The van der Waals surface area contributed by atoms with Crippen LogP contribution in [0.15, 0.2) is 25.3 Å². The van der Waals surface area contributed by atoms with E-state index in [2.05, 4.69) is 72.7 Å². The summed E-state index contributed by atoms with van der Waals surface area (Å²) in [5.74, 6) is -1.36. The van der Waals surface area contributed by atoms with Crippen molar-refractivity contribution in [1.29, 1.82) is 0 Å². The molecule has 398 valence electrons. The highest BCUT2D eigenvalue weighted by Crippen LogP contribution is 2.31. The summed E-state index contributed by atoms with van der Waals surface area (Å²) in [5, 5.41) is 0. The highest BCUT2D eigenvalue weighted by molar-refractivity contribution is 9.10. The molecule has 0 amide bonds. The number of hydrogen-bond donors (Lipinski definition) is 0. The lowest BCUT2D eigenvalue weighted by Gasteiger charge is -2.26. The van der Waals surface area contributed by atoms with Crippen molar-refractivity contribution in [2.75, 3.05) is 0 Å². The first kappa shape index (κ1) is 72.3. The molecule has 12 nitrogen and oxygen atoms in total. The number of carbonyl (C=O) groups is 10. The third-order valence-corrected chi connectivity index (χ3v) is 12.8. The zero-order valence-electron chi connectivity index (χ0n) is 44.8. The molecule has 0 aromatic heterocycles. The number of esters is 2. The predicted molar refractivity (Wildman–Crippen MR) is 285 cm³/mol. The van der Waals surface area contributed by atoms with E-state index in [0.717, 1.165) is 76.7 Å². The van der Waals surface area contributed by atoms with Crippen LogP contribution in [0.4, 0.5) is 0 Å². The summed E-state index contributed by atoms with van der Waals surface area (Å²) in [6.45, 7) is 28.2. The van der Waals surface area contributed by atoms with Crippen LogP contribution in [0.5, 0.6) is 0 Å². The number of allylic oxidation sites excluding steroid dienone is 1. The third-order valence-electron chi connectivity index (χ3n) is 11.4. The van der Waals surface area contributed by atoms with Gasteiger partial charge in [0, 0.05) is 55.9 Å². The van der Waals surface area contributed by atoms with Gasteiger partial charge in [-0.25, -0.2) is 4.79 Å². The summed E-state index contributed by atoms with van der Waals surface area (Å²) in [7, 11) is 0. The van der Waals surface area contributed by atoms with E-state index in [4.69, 9.17) is 9.47 Å². The largest absolute Gasteiger partial charge is 0.454 e. The highest BCUT2D eigenvalue weighted by Gasteiger charge is 2.32. The third kappa shape index (κ3) is 43.3. The second-order valence-electron chi connectivity index (χ2n) is 18.8. The molecule has 0 aromatic rings. The van der Waals surface area contributed by atoms with E-state index >= 15 is 0 Å². The molecule has 0 heterocycles. The summed E-state index contributed by atoms with van der Waals surface area (Å²) < 4.78 is 10.1. The molecular weight excluding hydrogens is 1010 g/mol. The number of hydrogen-bond acceptors (Lipinski definition) is 12. The fourth-order valence-corrected chi connectivity index (χ4v) is 6.42. The van der Waals surface area contributed by atoms with Gasteiger partial charge in [-0.1, -0.05) is 138 Å². The van der Waals surface area contributed by atoms with Crippen LogP contribution in [-0.4, -0.2) is 79.6 Å². The fraction of sp³-hybridized carbons (Fsp3) is 0.745. The number of rotatable bonds is 37. The van der Waals surface area contributed by atoms with E-state index in [1.807, 2.05) is 27.7 Å². The van der Waals surface area contributed by atoms with E-state index in [1.165, 1.54) is 33.3 Å². The zero-order valence-corrected chi connectivity index (χ0v) is 48.0. The summed E-state index contributed by atoms with van der Waals surface area (Å²) >= 11 is 6.56. The molecule has 4 atom stereocenters. The molecule has 14 heteroatoms. The van der Waals surface area contributed by atoms with Crippen LogP contribution in [0.1, 0.15) is 231 Å². The Kier molecular flexibility index (Phi) is 45.6. The second-order valence-corrected chi connectivity index (χ2v) is 21.9. The molecule has 0 aliphatic rings. The fourth-order valence-electron chi connectivity index (χ4n) is 6.05. The molecule has 0 bridgehead atoms. The number of ketones is 8. The number of alkyl halides is 2. The van der Waals surface area contributed by atoms with Gasteiger partial charge in [0.1, 0.15) is 33.7 Å². The first-order valence-electron chi connectivity index (χ1n) is 25.2. The van der Waals surface area contributed by atoms with Crippen LogP contribution in [-0.2, 0) is 57.4 Å². The molecule has 0 rings (SSSR count). The summed E-state index contributed by atoms with van der Waals surface area (Å²) in [5.41, 5.74) is -0.613. The molecule has 0 saturated carbocycles. The molecule has 0 aromatic carbocycles. The first-order valence-corrected chi connectivity index (χ1v) is 26.9. The Bertz CT molecular complexity index is 1580. The predicted octanol–water partition coefficient (Wildman–Crippen LogP) is 13.4. The van der Waals surface area contributed by atoms with E-state index in [9.17, 15) is 47.9 Å². The number of Topliss-reactive ketones (excluding diaryl/α,β-unsaturated/α-hetero) is 7.